The zero-order valence-corrected chi connectivity index (χ0v) is 17.8. The quantitative estimate of drug-likeness (QED) is 0.350. The van der Waals surface area contributed by atoms with Crippen molar-refractivity contribution in [3.8, 4) is 5.75 Å². The van der Waals surface area contributed by atoms with Crippen molar-refractivity contribution in [2.75, 3.05) is 26.0 Å². The van der Waals surface area contributed by atoms with Gasteiger partial charge in [0.1, 0.15) is 5.75 Å². The number of halogens is 1. The minimum atomic E-state index is 0. The van der Waals surface area contributed by atoms with E-state index in [4.69, 9.17) is 4.74 Å². The highest BCUT2D eigenvalue weighted by molar-refractivity contribution is 14.0. The van der Waals surface area contributed by atoms with Gasteiger partial charge in [0.15, 0.2) is 5.96 Å². The minimum absolute atomic E-state index is 0. The number of carbonyl (C=O) groups excluding carboxylic acids is 1. The molecule has 0 radical (unpaired) electrons. The van der Waals surface area contributed by atoms with Crippen LogP contribution in [0.4, 0.5) is 5.69 Å². The monoisotopic (exact) mass is 480 g/mol. The maximum Gasteiger partial charge on any atom is 0.225 e. The lowest BCUT2D eigenvalue weighted by molar-refractivity contribution is -0.116. The predicted octanol–water partition coefficient (Wildman–Crippen LogP) is 3.10. The Morgan fingerprint density at radius 2 is 2.04 bits per heavy atom. The van der Waals surface area contributed by atoms with Crippen LogP contribution in [0.3, 0.4) is 0 Å². The van der Waals surface area contributed by atoms with E-state index in [2.05, 4.69) is 27.0 Å². The Bertz CT molecular complexity index is 810. The number of nitrogens with zero attached hydrogens (tertiary/aromatic N) is 1. The number of aliphatic imine (C=N–C) groups is 1. The molecule has 3 rings (SSSR count). The molecule has 2 aromatic rings. The Morgan fingerprint density at radius 3 is 2.81 bits per heavy atom. The van der Waals surface area contributed by atoms with Gasteiger partial charge in [0, 0.05) is 38.2 Å². The number of nitrogens with one attached hydrogen (secondary N) is 3. The molecule has 0 bridgehead atoms. The van der Waals surface area contributed by atoms with E-state index in [9.17, 15) is 4.79 Å². The van der Waals surface area contributed by atoms with Gasteiger partial charge in [-0.1, -0.05) is 30.3 Å². The Hall–Kier alpha value is -2.29. The summed E-state index contributed by atoms with van der Waals surface area (Å²) in [6.07, 6.45) is 0.469. The van der Waals surface area contributed by atoms with Crippen molar-refractivity contribution in [2.45, 2.75) is 18.9 Å². The van der Waals surface area contributed by atoms with Crippen molar-refractivity contribution in [3.63, 3.8) is 0 Å². The number of benzene rings is 2. The normalized spacial score (nSPS) is 15.9. The molecule has 1 atom stereocenters. The summed E-state index contributed by atoms with van der Waals surface area (Å²) in [5.41, 5.74) is 3.16. The van der Waals surface area contributed by atoms with Crippen LogP contribution >= 0.6 is 24.0 Å². The zero-order valence-electron chi connectivity index (χ0n) is 15.5. The van der Waals surface area contributed by atoms with Gasteiger partial charge in [-0.25, -0.2) is 0 Å². The number of carbonyl (C=O) groups is 1. The first-order valence-electron chi connectivity index (χ1n) is 8.66. The van der Waals surface area contributed by atoms with E-state index in [1.165, 1.54) is 0 Å². The topological polar surface area (TPSA) is 74.8 Å². The van der Waals surface area contributed by atoms with Crippen molar-refractivity contribution in [1.82, 2.24) is 10.6 Å². The molecular formula is C20H25IN4O2. The van der Waals surface area contributed by atoms with Crippen LogP contribution in [0, 0.1) is 0 Å². The minimum Gasteiger partial charge on any atom is -0.497 e. The Balaban J connectivity index is 0.00000261. The van der Waals surface area contributed by atoms with Gasteiger partial charge in [-0.2, -0.15) is 0 Å². The van der Waals surface area contributed by atoms with E-state index in [1.807, 2.05) is 42.5 Å². The molecule has 0 aliphatic carbocycles. The molecule has 1 heterocycles. The lowest BCUT2D eigenvalue weighted by Crippen LogP contribution is -2.40. The summed E-state index contributed by atoms with van der Waals surface area (Å²) in [5, 5.41) is 9.55. The van der Waals surface area contributed by atoms with Crippen LogP contribution in [0.15, 0.2) is 53.5 Å². The summed E-state index contributed by atoms with van der Waals surface area (Å²) in [4.78, 5) is 16.2. The summed E-state index contributed by atoms with van der Waals surface area (Å²) < 4.78 is 5.25. The lowest BCUT2D eigenvalue weighted by atomic mass is 9.90. The molecule has 7 heteroatoms. The van der Waals surface area contributed by atoms with Crippen molar-refractivity contribution >= 4 is 41.5 Å². The number of anilines is 1. The van der Waals surface area contributed by atoms with Crippen molar-refractivity contribution in [1.29, 1.82) is 0 Å². The van der Waals surface area contributed by atoms with Gasteiger partial charge in [0.05, 0.1) is 7.11 Å². The van der Waals surface area contributed by atoms with Gasteiger partial charge in [-0.15, -0.1) is 24.0 Å². The van der Waals surface area contributed by atoms with Crippen LogP contribution in [0.5, 0.6) is 5.75 Å². The van der Waals surface area contributed by atoms with E-state index >= 15 is 0 Å². The molecule has 27 heavy (non-hydrogen) atoms. The van der Waals surface area contributed by atoms with E-state index < -0.39 is 0 Å². The van der Waals surface area contributed by atoms with Crippen LogP contribution < -0.4 is 20.7 Å². The third-order valence-corrected chi connectivity index (χ3v) is 4.44. The molecule has 0 saturated carbocycles. The van der Waals surface area contributed by atoms with Gasteiger partial charge >= 0.3 is 0 Å². The fourth-order valence-electron chi connectivity index (χ4n) is 3.09. The lowest BCUT2D eigenvalue weighted by Gasteiger charge is -2.26. The van der Waals surface area contributed by atoms with E-state index in [0.29, 0.717) is 25.5 Å². The van der Waals surface area contributed by atoms with E-state index in [1.54, 1.807) is 14.2 Å². The Kier molecular flexibility index (Phi) is 7.90. The average molecular weight is 480 g/mol. The van der Waals surface area contributed by atoms with Gasteiger partial charge in [0.2, 0.25) is 5.91 Å². The second-order valence-corrected chi connectivity index (χ2v) is 6.19. The summed E-state index contributed by atoms with van der Waals surface area (Å²) in [7, 11) is 3.40. The second kappa shape index (κ2) is 10.1. The maximum absolute atomic E-state index is 11.9. The molecule has 0 fully saturated rings. The fraction of sp³-hybridized carbons (Fsp3) is 0.300. The van der Waals surface area contributed by atoms with E-state index in [-0.39, 0.29) is 35.8 Å². The molecule has 0 saturated heterocycles. The molecule has 1 unspecified atom stereocenters. The Labute approximate surface area is 176 Å². The maximum atomic E-state index is 11.9. The van der Waals surface area contributed by atoms with Gasteiger partial charge in [-0.05, 0) is 29.3 Å². The number of para-hydroxylation sites is 1. The van der Waals surface area contributed by atoms with Gasteiger partial charge in [-0.3, -0.25) is 9.79 Å². The third-order valence-electron chi connectivity index (χ3n) is 4.44. The summed E-state index contributed by atoms with van der Waals surface area (Å²) in [6, 6.07) is 15.8. The van der Waals surface area contributed by atoms with Crippen LogP contribution in [0.2, 0.25) is 0 Å². The number of hydrogen-bond acceptors (Lipinski definition) is 3. The number of amides is 1. The number of methoxy groups -OCH3 is 1. The van der Waals surface area contributed by atoms with Crippen molar-refractivity contribution in [3.05, 3.63) is 59.7 Å². The zero-order chi connectivity index (χ0) is 18.4. The molecule has 144 valence electrons. The molecule has 6 nitrogen and oxygen atoms in total. The second-order valence-electron chi connectivity index (χ2n) is 6.19. The number of ether oxygens (including phenoxy) is 1. The molecule has 0 aromatic heterocycles. The van der Waals surface area contributed by atoms with Crippen molar-refractivity contribution < 1.29 is 9.53 Å². The molecule has 0 spiro atoms. The number of fused-ring (bicyclic) bond motifs is 1. The van der Waals surface area contributed by atoms with Crippen LogP contribution in [0.1, 0.15) is 23.5 Å². The fourth-order valence-corrected chi connectivity index (χ4v) is 3.09. The highest BCUT2D eigenvalue weighted by Gasteiger charge is 2.24. The molecule has 2 aromatic carbocycles. The van der Waals surface area contributed by atoms with E-state index in [0.717, 1.165) is 22.6 Å². The highest BCUT2D eigenvalue weighted by atomic mass is 127. The molecule has 3 N–H and O–H groups in total. The molecular weight excluding hydrogens is 455 g/mol. The summed E-state index contributed by atoms with van der Waals surface area (Å²) >= 11 is 0. The average Bonchev–Trinajstić information content (AvgIpc) is 2.68. The SMILES string of the molecule is CN=C(NCc1cccc(OC)c1)NCC1CC(=O)Nc2ccccc21.I. The number of guanidine groups is 1. The number of hydrogen-bond donors (Lipinski definition) is 3. The standard InChI is InChI=1S/C20H24N4O2.HI/c1-21-20(22-12-14-6-5-7-16(10-14)26-2)23-13-15-11-19(25)24-18-9-4-3-8-17(15)18;/h3-10,15H,11-13H2,1-2H3,(H,24,25)(H2,21,22,23);1H. The molecule has 1 aliphatic rings. The Morgan fingerprint density at radius 1 is 1.22 bits per heavy atom. The first-order chi connectivity index (χ1) is 12.7. The predicted molar refractivity (Wildman–Crippen MR) is 119 cm³/mol. The number of rotatable bonds is 5. The summed E-state index contributed by atoms with van der Waals surface area (Å²) in [6.45, 7) is 1.28. The van der Waals surface area contributed by atoms with Gasteiger partial charge < -0.3 is 20.7 Å². The van der Waals surface area contributed by atoms with Crippen LogP contribution in [-0.2, 0) is 11.3 Å². The van der Waals surface area contributed by atoms with Gasteiger partial charge in [0.25, 0.3) is 0 Å². The first-order valence-corrected chi connectivity index (χ1v) is 8.66. The van der Waals surface area contributed by atoms with Crippen LogP contribution in [0.25, 0.3) is 0 Å². The molecule has 1 aliphatic heterocycles. The third kappa shape index (κ3) is 5.59. The summed E-state index contributed by atoms with van der Waals surface area (Å²) in [5.74, 6) is 1.71. The van der Waals surface area contributed by atoms with Crippen LogP contribution in [-0.4, -0.2) is 32.6 Å². The van der Waals surface area contributed by atoms with Crippen molar-refractivity contribution in [2.24, 2.45) is 4.99 Å². The largest absolute Gasteiger partial charge is 0.497 e. The molecule has 1 amide bonds. The highest BCUT2D eigenvalue weighted by Crippen LogP contribution is 2.31. The smallest absolute Gasteiger partial charge is 0.225 e. The first kappa shape index (κ1) is 21.0.